The van der Waals surface area contributed by atoms with Gasteiger partial charge >= 0.3 is 0 Å². The minimum atomic E-state index is 0.244. The lowest BCUT2D eigenvalue weighted by Gasteiger charge is -2.20. The lowest BCUT2D eigenvalue weighted by Crippen LogP contribution is -2.36. The summed E-state index contributed by atoms with van der Waals surface area (Å²) in [7, 11) is 1.75. The summed E-state index contributed by atoms with van der Waals surface area (Å²) in [5, 5.41) is 3.47. The van der Waals surface area contributed by atoms with Gasteiger partial charge in [0.1, 0.15) is 0 Å². The number of aryl methyl sites for hydroxylation is 1. The van der Waals surface area contributed by atoms with Crippen LogP contribution >= 0.6 is 0 Å². The summed E-state index contributed by atoms with van der Waals surface area (Å²) in [6.07, 6.45) is 0.244. The van der Waals surface area contributed by atoms with Crippen LogP contribution in [0, 0.1) is 6.92 Å². The van der Waals surface area contributed by atoms with Crippen LogP contribution in [-0.4, -0.2) is 19.3 Å². The number of benzene rings is 1. The Bertz CT molecular complexity index is 298. The fourth-order valence-electron chi connectivity index (χ4n) is 1.45. The lowest BCUT2D eigenvalue weighted by molar-refractivity contribution is 0.0882. The van der Waals surface area contributed by atoms with Crippen molar-refractivity contribution in [1.29, 1.82) is 0 Å². The van der Waals surface area contributed by atoms with Gasteiger partial charge in [-0.15, -0.1) is 0 Å². The van der Waals surface area contributed by atoms with Crippen LogP contribution in [0.1, 0.15) is 25.0 Å². The molecule has 1 N–H and O–H groups in total. The smallest absolute Gasteiger partial charge is 0.0693 e. The molecule has 0 fully saturated rings. The highest BCUT2D eigenvalue weighted by atomic mass is 16.5. The van der Waals surface area contributed by atoms with Crippen molar-refractivity contribution in [2.75, 3.05) is 7.11 Å². The summed E-state index contributed by atoms with van der Waals surface area (Å²) in [6, 6.07) is 8.82. The molecule has 0 aliphatic carbocycles. The molecule has 2 atom stereocenters. The Balaban J connectivity index is 2.47. The van der Waals surface area contributed by atoms with Crippen molar-refractivity contribution in [3.05, 3.63) is 35.4 Å². The van der Waals surface area contributed by atoms with E-state index in [1.165, 1.54) is 11.1 Å². The van der Waals surface area contributed by atoms with E-state index in [-0.39, 0.29) is 6.10 Å². The zero-order valence-corrected chi connectivity index (χ0v) is 10.1. The molecule has 1 aromatic carbocycles. The van der Waals surface area contributed by atoms with Gasteiger partial charge in [0.25, 0.3) is 0 Å². The zero-order chi connectivity index (χ0) is 11.3. The molecule has 0 bridgehead atoms. The maximum Gasteiger partial charge on any atom is 0.0693 e. The van der Waals surface area contributed by atoms with Crippen molar-refractivity contribution < 1.29 is 4.74 Å². The van der Waals surface area contributed by atoms with Crippen LogP contribution in [0.3, 0.4) is 0 Å². The molecule has 2 heteroatoms. The van der Waals surface area contributed by atoms with Gasteiger partial charge in [-0.05, 0) is 31.9 Å². The van der Waals surface area contributed by atoms with E-state index in [1.807, 2.05) is 0 Å². The fourth-order valence-corrected chi connectivity index (χ4v) is 1.45. The number of nitrogens with one attached hydrogen (secondary N) is 1. The van der Waals surface area contributed by atoms with Gasteiger partial charge in [0.2, 0.25) is 0 Å². The molecule has 0 aliphatic heterocycles. The topological polar surface area (TPSA) is 21.3 Å². The van der Waals surface area contributed by atoms with Gasteiger partial charge < -0.3 is 10.1 Å². The Morgan fingerprint density at radius 1 is 1.27 bits per heavy atom. The van der Waals surface area contributed by atoms with Crippen molar-refractivity contribution in [3.8, 4) is 0 Å². The molecule has 15 heavy (non-hydrogen) atoms. The number of methoxy groups -OCH3 is 1. The molecule has 0 radical (unpaired) electrons. The summed E-state index contributed by atoms with van der Waals surface area (Å²) >= 11 is 0. The Labute approximate surface area is 92.6 Å². The molecule has 1 rings (SSSR count). The maximum atomic E-state index is 5.27. The number of rotatable bonds is 5. The van der Waals surface area contributed by atoms with Gasteiger partial charge in [0, 0.05) is 19.7 Å². The molecule has 2 unspecified atom stereocenters. The standard InChI is InChI=1S/C13H21NO/c1-10-7-5-6-8-13(10)9-14-11(2)12(3)15-4/h5-8,11-12,14H,9H2,1-4H3. The number of hydrogen-bond acceptors (Lipinski definition) is 2. The molecule has 84 valence electrons. The average molecular weight is 207 g/mol. The van der Waals surface area contributed by atoms with Gasteiger partial charge in [0.15, 0.2) is 0 Å². The summed E-state index contributed by atoms with van der Waals surface area (Å²) in [4.78, 5) is 0. The summed E-state index contributed by atoms with van der Waals surface area (Å²) in [6.45, 7) is 7.27. The Morgan fingerprint density at radius 2 is 1.93 bits per heavy atom. The molecule has 0 aliphatic rings. The molecule has 0 saturated carbocycles. The molecule has 2 nitrogen and oxygen atoms in total. The van der Waals surface area contributed by atoms with Crippen LogP contribution in [0.2, 0.25) is 0 Å². The van der Waals surface area contributed by atoms with E-state index >= 15 is 0 Å². The molecule has 0 heterocycles. The molecular formula is C13H21NO. The number of hydrogen-bond donors (Lipinski definition) is 1. The van der Waals surface area contributed by atoms with Crippen molar-refractivity contribution in [3.63, 3.8) is 0 Å². The first-order valence-corrected chi connectivity index (χ1v) is 5.46. The third-order valence-corrected chi connectivity index (χ3v) is 2.95. The minimum Gasteiger partial charge on any atom is -0.380 e. The van der Waals surface area contributed by atoms with E-state index < -0.39 is 0 Å². The lowest BCUT2D eigenvalue weighted by atomic mass is 10.1. The van der Waals surface area contributed by atoms with E-state index in [4.69, 9.17) is 4.74 Å². The van der Waals surface area contributed by atoms with Crippen LogP contribution in [0.5, 0.6) is 0 Å². The zero-order valence-electron chi connectivity index (χ0n) is 10.1. The van der Waals surface area contributed by atoms with E-state index in [9.17, 15) is 0 Å². The van der Waals surface area contributed by atoms with Crippen molar-refractivity contribution in [2.24, 2.45) is 0 Å². The first kappa shape index (κ1) is 12.2. The van der Waals surface area contributed by atoms with E-state index in [0.717, 1.165) is 6.54 Å². The second kappa shape index (κ2) is 5.89. The largest absolute Gasteiger partial charge is 0.380 e. The molecule has 1 aromatic rings. The van der Waals surface area contributed by atoms with E-state index in [1.54, 1.807) is 7.11 Å². The fraction of sp³-hybridized carbons (Fsp3) is 0.538. The van der Waals surface area contributed by atoms with Crippen molar-refractivity contribution in [2.45, 2.75) is 39.5 Å². The van der Waals surface area contributed by atoms with Crippen LogP contribution in [-0.2, 0) is 11.3 Å². The molecule has 0 aromatic heterocycles. The average Bonchev–Trinajstić information content (AvgIpc) is 2.26. The van der Waals surface area contributed by atoms with Crippen molar-refractivity contribution >= 4 is 0 Å². The third-order valence-electron chi connectivity index (χ3n) is 2.95. The van der Waals surface area contributed by atoms with Crippen LogP contribution < -0.4 is 5.32 Å². The molecular weight excluding hydrogens is 186 g/mol. The third kappa shape index (κ3) is 3.65. The highest BCUT2D eigenvalue weighted by Gasteiger charge is 2.10. The van der Waals surface area contributed by atoms with Gasteiger partial charge in [-0.2, -0.15) is 0 Å². The van der Waals surface area contributed by atoms with Gasteiger partial charge in [-0.3, -0.25) is 0 Å². The molecule has 0 amide bonds. The van der Waals surface area contributed by atoms with Crippen LogP contribution in [0.4, 0.5) is 0 Å². The van der Waals surface area contributed by atoms with E-state index in [2.05, 4.69) is 50.4 Å². The van der Waals surface area contributed by atoms with Gasteiger partial charge in [-0.1, -0.05) is 24.3 Å². The highest BCUT2D eigenvalue weighted by Crippen LogP contribution is 2.07. The second-order valence-electron chi connectivity index (χ2n) is 4.04. The second-order valence-corrected chi connectivity index (χ2v) is 4.04. The van der Waals surface area contributed by atoms with E-state index in [0.29, 0.717) is 6.04 Å². The van der Waals surface area contributed by atoms with Crippen LogP contribution in [0.15, 0.2) is 24.3 Å². The monoisotopic (exact) mass is 207 g/mol. The minimum absolute atomic E-state index is 0.244. The van der Waals surface area contributed by atoms with Gasteiger partial charge in [0.05, 0.1) is 6.10 Å². The maximum absolute atomic E-state index is 5.27. The summed E-state index contributed by atoms with van der Waals surface area (Å²) < 4.78 is 5.27. The van der Waals surface area contributed by atoms with Crippen LogP contribution in [0.25, 0.3) is 0 Å². The predicted molar refractivity (Wildman–Crippen MR) is 64.0 cm³/mol. The first-order chi connectivity index (χ1) is 7.15. The Morgan fingerprint density at radius 3 is 2.53 bits per heavy atom. The number of ether oxygens (including phenoxy) is 1. The highest BCUT2D eigenvalue weighted by molar-refractivity contribution is 5.25. The summed E-state index contributed by atoms with van der Waals surface area (Å²) in [5.74, 6) is 0. The Hall–Kier alpha value is -0.860. The Kier molecular flexibility index (Phi) is 4.79. The van der Waals surface area contributed by atoms with Crippen molar-refractivity contribution in [1.82, 2.24) is 5.32 Å². The molecule has 0 spiro atoms. The molecule has 0 saturated heterocycles. The van der Waals surface area contributed by atoms with Gasteiger partial charge in [-0.25, -0.2) is 0 Å². The first-order valence-electron chi connectivity index (χ1n) is 5.46. The quantitative estimate of drug-likeness (QED) is 0.801. The predicted octanol–water partition coefficient (Wildman–Crippen LogP) is 2.51. The summed E-state index contributed by atoms with van der Waals surface area (Å²) in [5.41, 5.74) is 2.69. The SMILES string of the molecule is COC(C)C(C)NCc1ccccc1C. The normalized spacial score (nSPS) is 14.9.